The predicted molar refractivity (Wildman–Crippen MR) is 98.9 cm³/mol. The van der Waals surface area contributed by atoms with E-state index in [-0.39, 0.29) is 18.2 Å². The highest BCUT2D eigenvalue weighted by Crippen LogP contribution is 2.14. The fourth-order valence-electron chi connectivity index (χ4n) is 2.73. The number of benzene rings is 1. The molecule has 26 heavy (non-hydrogen) atoms. The van der Waals surface area contributed by atoms with E-state index in [1.807, 2.05) is 30.3 Å². The van der Waals surface area contributed by atoms with Crippen LogP contribution in [0.3, 0.4) is 0 Å². The van der Waals surface area contributed by atoms with Gasteiger partial charge in [-0.2, -0.15) is 0 Å². The zero-order chi connectivity index (χ0) is 18.2. The summed E-state index contributed by atoms with van der Waals surface area (Å²) in [5, 5.41) is 6.46. The molecule has 2 N–H and O–H groups in total. The zero-order valence-electron chi connectivity index (χ0n) is 14.4. The molecule has 0 unspecified atom stereocenters. The first-order chi connectivity index (χ1) is 12.7. The highest BCUT2D eigenvalue weighted by atomic mass is 35.5. The molecule has 0 aliphatic carbocycles. The van der Waals surface area contributed by atoms with Crippen LogP contribution in [0, 0.1) is 0 Å². The Morgan fingerprint density at radius 1 is 1.27 bits per heavy atom. The Morgan fingerprint density at radius 2 is 2.12 bits per heavy atom. The van der Waals surface area contributed by atoms with Crippen LogP contribution in [0.5, 0.6) is 0 Å². The smallest absolute Gasteiger partial charge is 0.315 e. The number of hydrogen-bond acceptors (Lipinski definition) is 4. The average Bonchev–Trinajstić information content (AvgIpc) is 2.68. The molecule has 0 spiro atoms. The molecule has 0 bridgehead atoms. The molecule has 1 fully saturated rings. The first-order valence-corrected chi connectivity index (χ1v) is 8.96. The highest BCUT2D eigenvalue weighted by molar-refractivity contribution is 6.30. The fourth-order valence-corrected chi connectivity index (χ4v) is 2.86. The van der Waals surface area contributed by atoms with Crippen molar-refractivity contribution in [1.29, 1.82) is 0 Å². The maximum Gasteiger partial charge on any atom is 0.315 e. The van der Waals surface area contributed by atoms with Gasteiger partial charge in [-0.1, -0.05) is 29.8 Å². The highest BCUT2D eigenvalue weighted by Gasteiger charge is 2.28. The first kappa shape index (κ1) is 18.6. The second kappa shape index (κ2) is 9.52. The standard InChI is InChI=1S/C19H22ClN3O3/c20-15-6-4-14(5-7-15)11-22-19(24)23-17-13-25-10-8-18(17)26-12-16-3-1-2-9-21-16/h1-7,9,17-18H,8,10-13H2,(H2,22,23,24)/t17-,18-/m1/s1. The van der Waals surface area contributed by atoms with E-state index in [1.54, 1.807) is 18.3 Å². The van der Waals surface area contributed by atoms with Gasteiger partial charge >= 0.3 is 6.03 Å². The molecule has 138 valence electrons. The summed E-state index contributed by atoms with van der Waals surface area (Å²) >= 11 is 5.86. The molecule has 1 aromatic heterocycles. The Bertz CT molecular complexity index is 697. The number of pyridine rings is 1. The van der Waals surface area contributed by atoms with Crippen LogP contribution in [-0.4, -0.2) is 36.4 Å². The van der Waals surface area contributed by atoms with Gasteiger partial charge in [0, 0.05) is 24.4 Å². The Kier molecular flexibility index (Phi) is 6.82. The third kappa shape index (κ3) is 5.69. The van der Waals surface area contributed by atoms with E-state index in [0.29, 0.717) is 31.4 Å². The van der Waals surface area contributed by atoms with Crippen molar-refractivity contribution in [3.05, 3.63) is 64.9 Å². The lowest BCUT2D eigenvalue weighted by molar-refractivity contribution is -0.0603. The van der Waals surface area contributed by atoms with Crippen molar-refractivity contribution in [2.45, 2.75) is 31.7 Å². The van der Waals surface area contributed by atoms with Gasteiger partial charge in [-0.15, -0.1) is 0 Å². The number of nitrogens with one attached hydrogen (secondary N) is 2. The van der Waals surface area contributed by atoms with E-state index in [2.05, 4.69) is 15.6 Å². The summed E-state index contributed by atoms with van der Waals surface area (Å²) in [6, 6.07) is 12.6. The number of hydrogen-bond donors (Lipinski definition) is 2. The number of ether oxygens (including phenoxy) is 2. The number of nitrogens with zero attached hydrogens (tertiary/aromatic N) is 1. The second-order valence-electron chi connectivity index (χ2n) is 6.09. The van der Waals surface area contributed by atoms with Crippen LogP contribution in [0.2, 0.25) is 5.02 Å². The van der Waals surface area contributed by atoms with Crippen LogP contribution in [0.25, 0.3) is 0 Å². The number of halogens is 1. The van der Waals surface area contributed by atoms with Crippen molar-refractivity contribution in [2.75, 3.05) is 13.2 Å². The molecule has 0 radical (unpaired) electrons. The molecular weight excluding hydrogens is 354 g/mol. The van der Waals surface area contributed by atoms with Gasteiger partial charge in [0.2, 0.25) is 0 Å². The maximum atomic E-state index is 12.2. The van der Waals surface area contributed by atoms with E-state index in [9.17, 15) is 4.79 Å². The SMILES string of the molecule is O=C(NCc1ccc(Cl)cc1)N[C@@H]1COCC[C@H]1OCc1ccccn1. The van der Waals surface area contributed by atoms with E-state index in [4.69, 9.17) is 21.1 Å². The maximum absolute atomic E-state index is 12.2. The summed E-state index contributed by atoms with van der Waals surface area (Å²) in [5.74, 6) is 0. The molecule has 7 heteroatoms. The molecule has 2 aromatic rings. The first-order valence-electron chi connectivity index (χ1n) is 8.59. The van der Waals surface area contributed by atoms with Gasteiger partial charge in [0.15, 0.2) is 0 Å². The van der Waals surface area contributed by atoms with E-state index in [1.165, 1.54) is 0 Å². The summed E-state index contributed by atoms with van der Waals surface area (Å²) in [4.78, 5) is 16.5. The number of amides is 2. The average molecular weight is 376 g/mol. The Morgan fingerprint density at radius 3 is 2.88 bits per heavy atom. The summed E-state index contributed by atoms with van der Waals surface area (Å²) < 4.78 is 11.4. The van der Waals surface area contributed by atoms with Crippen molar-refractivity contribution in [3.63, 3.8) is 0 Å². The van der Waals surface area contributed by atoms with Crippen molar-refractivity contribution in [2.24, 2.45) is 0 Å². The van der Waals surface area contributed by atoms with Gasteiger partial charge in [0.1, 0.15) is 0 Å². The van der Waals surface area contributed by atoms with Crippen LogP contribution in [-0.2, 0) is 22.6 Å². The van der Waals surface area contributed by atoms with Gasteiger partial charge in [-0.05, 0) is 36.2 Å². The topological polar surface area (TPSA) is 72.5 Å². The van der Waals surface area contributed by atoms with Gasteiger partial charge in [-0.25, -0.2) is 4.79 Å². The minimum Gasteiger partial charge on any atom is -0.379 e. The van der Waals surface area contributed by atoms with Crippen molar-refractivity contribution in [3.8, 4) is 0 Å². The quantitative estimate of drug-likeness (QED) is 0.814. The molecule has 2 atom stereocenters. The van der Waals surface area contributed by atoms with Crippen LogP contribution < -0.4 is 10.6 Å². The largest absolute Gasteiger partial charge is 0.379 e. The molecule has 6 nitrogen and oxygen atoms in total. The second-order valence-corrected chi connectivity index (χ2v) is 6.53. The lowest BCUT2D eigenvalue weighted by Gasteiger charge is -2.32. The number of rotatable bonds is 6. The monoisotopic (exact) mass is 375 g/mol. The Hall–Kier alpha value is -2.15. The number of urea groups is 1. The molecule has 0 saturated carbocycles. The molecule has 1 saturated heterocycles. The molecule has 1 aliphatic heterocycles. The summed E-state index contributed by atoms with van der Waals surface area (Å²) in [6.07, 6.45) is 2.37. The lowest BCUT2D eigenvalue weighted by Crippen LogP contribution is -2.53. The minimum absolute atomic E-state index is 0.105. The molecule has 3 rings (SSSR count). The zero-order valence-corrected chi connectivity index (χ0v) is 15.1. The minimum atomic E-state index is -0.248. The molecule has 1 aliphatic rings. The van der Waals surface area contributed by atoms with Crippen LogP contribution in [0.4, 0.5) is 4.79 Å². The molecule has 2 heterocycles. The third-order valence-electron chi connectivity index (χ3n) is 4.15. The molecule has 1 aromatic carbocycles. The predicted octanol–water partition coefficient (Wildman–Crippen LogP) is 2.91. The summed E-state index contributed by atoms with van der Waals surface area (Å²) in [7, 11) is 0. The van der Waals surface area contributed by atoms with Crippen molar-refractivity contribution < 1.29 is 14.3 Å². The third-order valence-corrected chi connectivity index (χ3v) is 4.40. The Labute approximate surface area is 157 Å². The molecular formula is C19H22ClN3O3. The number of carbonyl (C=O) groups is 1. The lowest BCUT2D eigenvalue weighted by atomic mass is 10.1. The number of aromatic nitrogens is 1. The fraction of sp³-hybridized carbons (Fsp3) is 0.368. The van der Waals surface area contributed by atoms with Crippen LogP contribution >= 0.6 is 11.6 Å². The van der Waals surface area contributed by atoms with Gasteiger partial charge < -0.3 is 20.1 Å². The van der Waals surface area contributed by atoms with E-state index in [0.717, 1.165) is 17.7 Å². The number of carbonyl (C=O) groups excluding carboxylic acids is 1. The van der Waals surface area contributed by atoms with Crippen LogP contribution in [0.1, 0.15) is 17.7 Å². The van der Waals surface area contributed by atoms with Crippen molar-refractivity contribution >= 4 is 17.6 Å². The van der Waals surface area contributed by atoms with Gasteiger partial charge in [0.25, 0.3) is 0 Å². The molecule has 2 amide bonds. The van der Waals surface area contributed by atoms with E-state index < -0.39 is 0 Å². The van der Waals surface area contributed by atoms with Gasteiger partial charge in [0.05, 0.1) is 31.1 Å². The Balaban J connectivity index is 1.47. The summed E-state index contributed by atoms with van der Waals surface area (Å²) in [5.41, 5.74) is 1.84. The van der Waals surface area contributed by atoms with Crippen LogP contribution in [0.15, 0.2) is 48.7 Å². The normalized spacial score (nSPS) is 19.7. The summed E-state index contributed by atoms with van der Waals surface area (Å²) in [6.45, 7) is 1.89. The van der Waals surface area contributed by atoms with Crippen molar-refractivity contribution in [1.82, 2.24) is 15.6 Å². The van der Waals surface area contributed by atoms with Gasteiger partial charge in [-0.3, -0.25) is 4.98 Å². The van der Waals surface area contributed by atoms with E-state index >= 15 is 0 Å².